The van der Waals surface area contributed by atoms with Gasteiger partial charge in [0.05, 0.1) is 17.7 Å². The number of nitrogen functional groups attached to an aromatic ring is 1. The molecular formula is C14H21N3O2. The van der Waals surface area contributed by atoms with E-state index < -0.39 is 0 Å². The van der Waals surface area contributed by atoms with E-state index in [9.17, 15) is 4.79 Å². The molecular weight excluding hydrogens is 242 g/mol. The molecule has 4 N–H and O–H groups in total. The van der Waals surface area contributed by atoms with Gasteiger partial charge in [-0.1, -0.05) is 0 Å². The van der Waals surface area contributed by atoms with Crippen molar-refractivity contribution in [3.63, 3.8) is 0 Å². The number of nitrogens with two attached hydrogens (primary N) is 2. The van der Waals surface area contributed by atoms with Gasteiger partial charge in [-0.15, -0.1) is 0 Å². The van der Waals surface area contributed by atoms with Crippen LogP contribution in [0.2, 0.25) is 0 Å². The van der Waals surface area contributed by atoms with E-state index in [0.717, 1.165) is 18.7 Å². The molecule has 0 spiro atoms. The molecule has 1 aromatic rings. The lowest BCUT2D eigenvalue weighted by atomic mass is 10.1. The van der Waals surface area contributed by atoms with Crippen LogP contribution in [0.25, 0.3) is 0 Å². The lowest BCUT2D eigenvalue weighted by Gasteiger charge is -2.20. The summed E-state index contributed by atoms with van der Waals surface area (Å²) in [5.74, 6) is 0.402. The van der Waals surface area contributed by atoms with E-state index in [0.29, 0.717) is 18.0 Å². The van der Waals surface area contributed by atoms with Gasteiger partial charge in [-0.05, 0) is 32.4 Å². The van der Waals surface area contributed by atoms with E-state index in [4.69, 9.17) is 16.2 Å². The summed E-state index contributed by atoms with van der Waals surface area (Å²) >= 11 is 0. The first kappa shape index (κ1) is 13.5. The molecule has 1 heterocycles. The van der Waals surface area contributed by atoms with Gasteiger partial charge >= 0.3 is 0 Å². The second kappa shape index (κ2) is 5.38. The smallest absolute Gasteiger partial charge is 0.222 e. The molecule has 1 amide bonds. The predicted octanol–water partition coefficient (Wildman–Crippen LogP) is 1.37. The second-order valence-corrected chi connectivity index (χ2v) is 5.22. The zero-order chi connectivity index (χ0) is 14.0. The van der Waals surface area contributed by atoms with Crippen molar-refractivity contribution < 1.29 is 9.53 Å². The highest BCUT2D eigenvalue weighted by atomic mass is 16.5. The summed E-state index contributed by atoms with van der Waals surface area (Å²) in [6.45, 7) is 5.43. The van der Waals surface area contributed by atoms with E-state index in [1.165, 1.54) is 0 Å². The maximum Gasteiger partial charge on any atom is 0.222 e. The average Bonchev–Trinajstić information content (AvgIpc) is 2.81. The Kier molecular flexibility index (Phi) is 3.83. The Morgan fingerprint density at radius 1 is 1.47 bits per heavy atom. The molecule has 1 aliphatic heterocycles. The Morgan fingerprint density at radius 2 is 2.21 bits per heavy atom. The minimum atomic E-state index is -0.225. The first-order chi connectivity index (χ1) is 8.97. The van der Waals surface area contributed by atoms with Gasteiger partial charge < -0.3 is 21.1 Å². The van der Waals surface area contributed by atoms with Crippen molar-refractivity contribution in [1.29, 1.82) is 0 Å². The summed E-state index contributed by atoms with van der Waals surface area (Å²) in [6, 6.07) is 5.72. The van der Waals surface area contributed by atoms with Crippen LogP contribution in [-0.4, -0.2) is 25.1 Å². The monoisotopic (exact) mass is 263 g/mol. The van der Waals surface area contributed by atoms with E-state index >= 15 is 0 Å². The summed E-state index contributed by atoms with van der Waals surface area (Å²) in [5.41, 5.74) is 12.9. The Hall–Kier alpha value is -1.91. The molecule has 1 aromatic carbocycles. The molecule has 2 rings (SSSR count). The van der Waals surface area contributed by atoms with E-state index in [1.807, 2.05) is 32.0 Å². The van der Waals surface area contributed by atoms with Crippen molar-refractivity contribution in [2.75, 3.05) is 23.7 Å². The van der Waals surface area contributed by atoms with Crippen molar-refractivity contribution in [1.82, 2.24) is 0 Å². The fourth-order valence-corrected chi connectivity index (χ4v) is 2.30. The minimum Gasteiger partial charge on any atom is -0.489 e. The molecule has 1 atom stereocenters. The van der Waals surface area contributed by atoms with Crippen molar-refractivity contribution in [2.24, 2.45) is 11.7 Å². The third-order valence-electron chi connectivity index (χ3n) is 3.32. The van der Waals surface area contributed by atoms with Crippen LogP contribution in [0.1, 0.15) is 20.3 Å². The third-order valence-corrected chi connectivity index (χ3v) is 3.32. The van der Waals surface area contributed by atoms with Crippen LogP contribution in [0.15, 0.2) is 18.2 Å². The van der Waals surface area contributed by atoms with Crippen LogP contribution >= 0.6 is 0 Å². The van der Waals surface area contributed by atoms with Gasteiger partial charge in [0.1, 0.15) is 5.75 Å². The molecule has 0 aromatic heterocycles. The number of nitrogens with zero attached hydrogens (tertiary/aromatic N) is 1. The van der Waals surface area contributed by atoms with Crippen LogP contribution in [0.3, 0.4) is 0 Å². The van der Waals surface area contributed by atoms with Gasteiger partial charge in [-0.25, -0.2) is 0 Å². The SMILES string of the molecule is CC(C)Oc1cc(N2CCC(C(N)=O)C2)ccc1N. The number of carbonyl (C=O) groups excluding carboxylic acids is 1. The van der Waals surface area contributed by atoms with Gasteiger partial charge in [-0.2, -0.15) is 0 Å². The van der Waals surface area contributed by atoms with Crippen LogP contribution in [-0.2, 0) is 4.79 Å². The number of ether oxygens (including phenoxy) is 1. The van der Waals surface area contributed by atoms with Crippen LogP contribution in [0.4, 0.5) is 11.4 Å². The second-order valence-electron chi connectivity index (χ2n) is 5.22. The molecule has 1 fully saturated rings. The van der Waals surface area contributed by atoms with Gasteiger partial charge in [0.25, 0.3) is 0 Å². The minimum absolute atomic E-state index is 0.0629. The molecule has 0 aliphatic carbocycles. The van der Waals surface area contributed by atoms with Crippen LogP contribution in [0, 0.1) is 5.92 Å². The molecule has 1 saturated heterocycles. The highest BCUT2D eigenvalue weighted by Gasteiger charge is 2.27. The van der Waals surface area contributed by atoms with E-state index in [1.54, 1.807) is 0 Å². The summed E-state index contributed by atoms with van der Waals surface area (Å²) in [5, 5.41) is 0. The molecule has 104 valence electrons. The summed E-state index contributed by atoms with van der Waals surface area (Å²) in [6.07, 6.45) is 0.884. The van der Waals surface area contributed by atoms with Crippen molar-refractivity contribution >= 4 is 17.3 Å². The number of hydrogen-bond acceptors (Lipinski definition) is 4. The lowest BCUT2D eigenvalue weighted by molar-refractivity contribution is -0.121. The largest absolute Gasteiger partial charge is 0.489 e. The number of benzene rings is 1. The molecule has 19 heavy (non-hydrogen) atoms. The number of hydrogen-bond donors (Lipinski definition) is 2. The zero-order valence-corrected chi connectivity index (χ0v) is 11.4. The summed E-state index contributed by atoms with van der Waals surface area (Å²) < 4.78 is 5.68. The fourth-order valence-electron chi connectivity index (χ4n) is 2.30. The molecule has 5 heteroatoms. The number of carbonyl (C=O) groups is 1. The van der Waals surface area contributed by atoms with Crippen LogP contribution < -0.4 is 21.1 Å². The molecule has 5 nitrogen and oxygen atoms in total. The first-order valence-corrected chi connectivity index (χ1v) is 6.58. The Morgan fingerprint density at radius 3 is 2.79 bits per heavy atom. The predicted molar refractivity (Wildman–Crippen MR) is 76.1 cm³/mol. The number of primary amides is 1. The molecule has 0 saturated carbocycles. The maximum atomic E-state index is 11.2. The fraction of sp³-hybridized carbons (Fsp3) is 0.500. The third kappa shape index (κ3) is 3.10. The number of anilines is 2. The average molecular weight is 263 g/mol. The standard InChI is InChI=1S/C14H21N3O2/c1-9(2)19-13-7-11(3-4-12(13)15)17-6-5-10(8-17)14(16)18/h3-4,7,9-10H,5-6,8,15H2,1-2H3,(H2,16,18). The number of rotatable bonds is 4. The Labute approximate surface area is 113 Å². The maximum absolute atomic E-state index is 11.2. The first-order valence-electron chi connectivity index (χ1n) is 6.58. The molecule has 0 bridgehead atoms. The lowest BCUT2D eigenvalue weighted by Crippen LogP contribution is -2.27. The molecule has 1 unspecified atom stereocenters. The van der Waals surface area contributed by atoms with Crippen molar-refractivity contribution in [3.05, 3.63) is 18.2 Å². The molecule has 1 aliphatic rings. The number of amides is 1. The highest BCUT2D eigenvalue weighted by Crippen LogP contribution is 2.31. The quantitative estimate of drug-likeness (QED) is 0.804. The van der Waals surface area contributed by atoms with Gasteiger partial charge in [0, 0.05) is 24.8 Å². The highest BCUT2D eigenvalue weighted by molar-refractivity contribution is 5.78. The molecule has 0 radical (unpaired) electrons. The van der Waals surface area contributed by atoms with Crippen LogP contribution in [0.5, 0.6) is 5.75 Å². The van der Waals surface area contributed by atoms with Gasteiger partial charge in [0.2, 0.25) is 5.91 Å². The van der Waals surface area contributed by atoms with Crippen molar-refractivity contribution in [3.8, 4) is 5.75 Å². The zero-order valence-electron chi connectivity index (χ0n) is 11.4. The topological polar surface area (TPSA) is 81.6 Å². The summed E-state index contributed by atoms with van der Waals surface area (Å²) in [4.78, 5) is 13.3. The summed E-state index contributed by atoms with van der Waals surface area (Å²) in [7, 11) is 0. The Bertz CT molecular complexity index is 474. The Balaban J connectivity index is 2.15. The van der Waals surface area contributed by atoms with E-state index in [-0.39, 0.29) is 17.9 Å². The van der Waals surface area contributed by atoms with Crippen molar-refractivity contribution in [2.45, 2.75) is 26.4 Å². The van der Waals surface area contributed by atoms with Gasteiger partial charge in [-0.3, -0.25) is 4.79 Å². The van der Waals surface area contributed by atoms with E-state index in [2.05, 4.69) is 4.90 Å². The normalized spacial score (nSPS) is 18.9. The van der Waals surface area contributed by atoms with Gasteiger partial charge in [0.15, 0.2) is 0 Å².